The lowest BCUT2D eigenvalue weighted by Gasteiger charge is -2.28. The number of carbonyl (C=O) groups excluding carboxylic acids is 2. The zero-order chi connectivity index (χ0) is 17.9. The summed E-state index contributed by atoms with van der Waals surface area (Å²) in [6, 6.07) is 17.3. The summed E-state index contributed by atoms with van der Waals surface area (Å²) in [6.07, 6.45) is 2.51. The Labute approximate surface area is 148 Å². The van der Waals surface area contributed by atoms with Crippen LogP contribution in [0.2, 0.25) is 0 Å². The molecule has 1 aliphatic rings. The predicted molar refractivity (Wildman–Crippen MR) is 99.9 cm³/mol. The predicted octanol–water partition coefficient (Wildman–Crippen LogP) is 4.43. The second-order valence-electron chi connectivity index (χ2n) is 7.13. The fourth-order valence-corrected chi connectivity index (χ4v) is 2.99. The molecule has 0 spiro atoms. The average Bonchev–Trinajstić information content (AvgIpc) is 2.57. The van der Waals surface area contributed by atoms with Gasteiger partial charge in [0.15, 0.2) is 11.6 Å². The molecule has 124 valence electrons. The number of carbonyl (C=O) groups is 2. The Morgan fingerprint density at radius 2 is 1.44 bits per heavy atom. The van der Waals surface area contributed by atoms with Crippen molar-refractivity contribution in [2.45, 2.75) is 26.7 Å². The van der Waals surface area contributed by atoms with Crippen LogP contribution < -0.4 is 0 Å². The van der Waals surface area contributed by atoms with Gasteiger partial charge in [-0.15, -0.1) is 0 Å². The molecule has 0 atom stereocenters. The molecule has 2 nitrogen and oxygen atoms in total. The van der Waals surface area contributed by atoms with E-state index < -0.39 is 0 Å². The average molecular weight is 328 g/mol. The molecule has 0 bridgehead atoms. The number of Topliss-reactive ketones (excluding diaryl/α,β-unsaturated/α-hetero) is 2. The highest BCUT2D eigenvalue weighted by molar-refractivity contribution is 6.25. The van der Waals surface area contributed by atoms with Crippen molar-refractivity contribution in [3.8, 4) is 11.8 Å². The molecule has 3 rings (SSSR count). The van der Waals surface area contributed by atoms with Crippen LogP contribution >= 0.6 is 0 Å². The molecule has 2 heteroatoms. The fraction of sp³-hybridized carbons (Fsp3) is 0.217. The van der Waals surface area contributed by atoms with Gasteiger partial charge in [0.2, 0.25) is 0 Å². The molecule has 0 heterocycles. The third kappa shape index (κ3) is 4.14. The van der Waals surface area contributed by atoms with Crippen molar-refractivity contribution < 1.29 is 9.59 Å². The van der Waals surface area contributed by atoms with Crippen LogP contribution in [-0.4, -0.2) is 11.6 Å². The summed E-state index contributed by atoms with van der Waals surface area (Å²) >= 11 is 0. The van der Waals surface area contributed by atoms with Crippen molar-refractivity contribution in [1.82, 2.24) is 0 Å². The number of hydrogen-bond donors (Lipinski definition) is 0. The second-order valence-corrected chi connectivity index (χ2v) is 7.13. The summed E-state index contributed by atoms with van der Waals surface area (Å²) < 4.78 is 0. The summed E-state index contributed by atoms with van der Waals surface area (Å²) in [7, 11) is 0. The Hall–Kier alpha value is -2.92. The van der Waals surface area contributed by atoms with Crippen molar-refractivity contribution in [2.75, 3.05) is 0 Å². The first-order chi connectivity index (χ1) is 11.9. The van der Waals surface area contributed by atoms with E-state index >= 15 is 0 Å². The molecule has 0 unspecified atom stereocenters. The Kier molecular flexibility index (Phi) is 4.67. The van der Waals surface area contributed by atoms with Gasteiger partial charge in [-0.05, 0) is 35.3 Å². The highest BCUT2D eigenvalue weighted by atomic mass is 16.1. The third-order valence-corrected chi connectivity index (χ3v) is 4.25. The number of benzene rings is 2. The first kappa shape index (κ1) is 16.9. The lowest BCUT2D eigenvalue weighted by molar-refractivity contribution is -0.127. The van der Waals surface area contributed by atoms with E-state index in [1.165, 1.54) is 0 Å². The Morgan fingerprint density at radius 1 is 0.840 bits per heavy atom. The van der Waals surface area contributed by atoms with Crippen molar-refractivity contribution >= 4 is 17.6 Å². The van der Waals surface area contributed by atoms with Crippen LogP contribution in [0.15, 0.2) is 60.2 Å². The first-order valence-corrected chi connectivity index (χ1v) is 8.39. The molecule has 0 N–H and O–H groups in total. The molecule has 2 aromatic carbocycles. The van der Waals surface area contributed by atoms with Gasteiger partial charge in [0.1, 0.15) is 0 Å². The standard InChI is InChI=1S/C23H20O2/c1-23(2)15-21(24)20(22(25)16-23)14-19-11-7-6-10-18(19)13-12-17-8-4-3-5-9-17/h3-11,14H,15-16H2,1-2H3. The normalized spacial score (nSPS) is 16.2. The molecule has 0 amide bonds. The van der Waals surface area contributed by atoms with Gasteiger partial charge in [-0.25, -0.2) is 0 Å². The molecule has 0 aromatic heterocycles. The first-order valence-electron chi connectivity index (χ1n) is 8.39. The lowest BCUT2D eigenvalue weighted by Crippen LogP contribution is -2.31. The number of ketones is 2. The molecular weight excluding hydrogens is 308 g/mol. The van der Waals surface area contributed by atoms with E-state index in [1.807, 2.05) is 68.4 Å². The van der Waals surface area contributed by atoms with E-state index in [4.69, 9.17) is 0 Å². The molecule has 0 saturated heterocycles. The molecule has 0 aliphatic heterocycles. The minimum atomic E-state index is -0.252. The summed E-state index contributed by atoms with van der Waals surface area (Å²) in [4.78, 5) is 24.8. The van der Waals surface area contributed by atoms with Crippen LogP contribution in [0, 0.1) is 17.3 Å². The quantitative estimate of drug-likeness (QED) is 0.441. The van der Waals surface area contributed by atoms with Crippen LogP contribution in [0.25, 0.3) is 6.08 Å². The molecule has 25 heavy (non-hydrogen) atoms. The molecule has 1 saturated carbocycles. The van der Waals surface area contributed by atoms with Gasteiger partial charge >= 0.3 is 0 Å². The van der Waals surface area contributed by atoms with E-state index in [2.05, 4.69) is 11.8 Å². The van der Waals surface area contributed by atoms with E-state index in [-0.39, 0.29) is 17.0 Å². The fourth-order valence-electron chi connectivity index (χ4n) is 2.99. The van der Waals surface area contributed by atoms with Crippen LogP contribution in [0.5, 0.6) is 0 Å². The van der Waals surface area contributed by atoms with E-state index in [1.54, 1.807) is 6.08 Å². The molecule has 1 aliphatic carbocycles. The Balaban J connectivity index is 1.96. The maximum atomic E-state index is 12.4. The zero-order valence-corrected chi connectivity index (χ0v) is 14.5. The highest BCUT2D eigenvalue weighted by Gasteiger charge is 2.35. The van der Waals surface area contributed by atoms with Crippen molar-refractivity contribution in [3.05, 3.63) is 76.9 Å². The summed E-state index contributed by atoms with van der Waals surface area (Å²) in [5.74, 6) is 6.12. The van der Waals surface area contributed by atoms with Gasteiger partial charge in [-0.1, -0.05) is 62.1 Å². The maximum absolute atomic E-state index is 12.4. The monoisotopic (exact) mass is 328 g/mol. The summed E-state index contributed by atoms with van der Waals surface area (Å²) in [5.41, 5.74) is 2.59. The minimum Gasteiger partial charge on any atom is -0.294 e. The highest BCUT2D eigenvalue weighted by Crippen LogP contribution is 2.34. The van der Waals surface area contributed by atoms with E-state index in [0.29, 0.717) is 18.4 Å². The van der Waals surface area contributed by atoms with Crippen molar-refractivity contribution in [2.24, 2.45) is 5.41 Å². The van der Waals surface area contributed by atoms with Gasteiger partial charge < -0.3 is 0 Å². The van der Waals surface area contributed by atoms with Gasteiger partial charge in [0.25, 0.3) is 0 Å². The van der Waals surface area contributed by atoms with Crippen molar-refractivity contribution in [3.63, 3.8) is 0 Å². The van der Waals surface area contributed by atoms with E-state index in [9.17, 15) is 9.59 Å². The number of rotatable bonds is 1. The summed E-state index contributed by atoms with van der Waals surface area (Å²) in [5, 5.41) is 0. The Morgan fingerprint density at radius 3 is 2.12 bits per heavy atom. The molecule has 1 fully saturated rings. The van der Waals surface area contributed by atoms with Crippen LogP contribution in [0.4, 0.5) is 0 Å². The van der Waals surface area contributed by atoms with Gasteiger partial charge in [-0.2, -0.15) is 0 Å². The third-order valence-electron chi connectivity index (χ3n) is 4.25. The minimum absolute atomic E-state index is 0.0768. The van der Waals surface area contributed by atoms with Crippen LogP contribution in [0.3, 0.4) is 0 Å². The second kappa shape index (κ2) is 6.91. The van der Waals surface area contributed by atoms with Crippen LogP contribution in [-0.2, 0) is 9.59 Å². The number of hydrogen-bond acceptors (Lipinski definition) is 2. The van der Waals surface area contributed by atoms with E-state index in [0.717, 1.165) is 16.7 Å². The van der Waals surface area contributed by atoms with Gasteiger partial charge in [0.05, 0.1) is 5.57 Å². The molecule has 2 aromatic rings. The topological polar surface area (TPSA) is 34.1 Å². The van der Waals surface area contributed by atoms with Crippen molar-refractivity contribution in [1.29, 1.82) is 0 Å². The smallest absolute Gasteiger partial charge is 0.167 e. The van der Waals surface area contributed by atoms with Crippen LogP contribution in [0.1, 0.15) is 43.4 Å². The molecular formula is C23H20O2. The summed E-state index contributed by atoms with van der Waals surface area (Å²) in [6.45, 7) is 3.91. The number of allylic oxidation sites excluding steroid dienone is 1. The SMILES string of the molecule is CC1(C)CC(=O)C(=Cc2ccccc2C#Cc2ccccc2)C(=O)C1. The van der Waals surface area contributed by atoms with Gasteiger partial charge in [0, 0.05) is 24.0 Å². The largest absolute Gasteiger partial charge is 0.294 e. The lowest BCUT2D eigenvalue weighted by atomic mass is 9.73. The Bertz CT molecular complexity index is 884. The zero-order valence-electron chi connectivity index (χ0n) is 14.5. The maximum Gasteiger partial charge on any atom is 0.167 e. The molecule has 0 radical (unpaired) electrons. The van der Waals surface area contributed by atoms with Gasteiger partial charge in [-0.3, -0.25) is 9.59 Å².